The molecular weight excluding hydrogens is 658 g/mol. The molecule has 308 valence electrons. The third-order valence-electron chi connectivity index (χ3n) is 10.6. The normalized spacial score (nSPS) is 21.9. The van der Waals surface area contributed by atoms with E-state index in [0.717, 1.165) is 38.5 Å². The van der Waals surface area contributed by atoms with E-state index >= 15 is 0 Å². The van der Waals surface area contributed by atoms with Crippen LogP contribution < -0.4 is 5.32 Å². The Kier molecular flexibility index (Phi) is 32.4. The summed E-state index contributed by atoms with van der Waals surface area (Å²) >= 11 is 0. The monoisotopic (exact) mass is 742 g/mol. The highest BCUT2D eigenvalue weighted by molar-refractivity contribution is 5.76. The molecule has 1 saturated heterocycles. The van der Waals surface area contributed by atoms with E-state index in [-0.39, 0.29) is 12.5 Å². The average molecular weight is 742 g/mol. The summed E-state index contributed by atoms with van der Waals surface area (Å²) in [5, 5.41) is 54.0. The van der Waals surface area contributed by atoms with Gasteiger partial charge in [0.05, 0.1) is 25.4 Å². The Morgan fingerprint density at radius 2 is 1.06 bits per heavy atom. The van der Waals surface area contributed by atoms with E-state index < -0.39 is 49.5 Å². The number of aliphatic hydroxyl groups excluding tert-OH is 5. The number of allylic oxidation sites excluding steroid dienone is 1. The molecule has 0 saturated carbocycles. The van der Waals surface area contributed by atoms with Crippen LogP contribution in [-0.2, 0) is 14.3 Å². The highest BCUT2D eigenvalue weighted by Crippen LogP contribution is 2.22. The second-order valence-corrected chi connectivity index (χ2v) is 15.5. The Morgan fingerprint density at radius 3 is 1.50 bits per heavy atom. The van der Waals surface area contributed by atoms with Crippen LogP contribution in [-0.4, -0.2) is 87.5 Å². The zero-order valence-corrected chi connectivity index (χ0v) is 33.6. The van der Waals surface area contributed by atoms with E-state index in [9.17, 15) is 30.3 Å². The SMILES string of the molecule is CCCCCCCCCC/C=C/[C@@H](O)[C@H](CO[C@@H]1O[C@H](CO)[C@@H](O)C(O)C1O)NC(=O)CCCCCCCCCCCCCCCCCCCCC. The van der Waals surface area contributed by atoms with E-state index in [4.69, 9.17) is 9.47 Å². The maximum Gasteiger partial charge on any atom is 0.220 e. The van der Waals surface area contributed by atoms with Gasteiger partial charge in [0.2, 0.25) is 5.91 Å². The number of amides is 1. The van der Waals surface area contributed by atoms with Crippen molar-refractivity contribution in [3.05, 3.63) is 12.2 Å². The minimum absolute atomic E-state index is 0.176. The predicted molar refractivity (Wildman–Crippen MR) is 212 cm³/mol. The van der Waals surface area contributed by atoms with Gasteiger partial charge in [-0.2, -0.15) is 0 Å². The molecule has 6 N–H and O–H groups in total. The lowest BCUT2D eigenvalue weighted by molar-refractivity contribution is -0.302. The number of hydrogen-bond acceptors (Lipinski definition) is 8. The molecule has 0 radical (unpaired) electrons. The van der Waals surface area contributed by atoms with Crippen LogP contribution in [0.2, 0.25) is 0 Å². The highest BCUT2D eigenvalue weighted by atomic mass is 16.7. The Morgan fingerprint density at radius 1 is 0.635 bits per heavy atom. The van der Waals surface area contributed by atoms with Gasteiger partial charge in [0.1, 0.15) is 24.4 Å². The molecule has 2 unspecified atom stereocenters. The number of ether oxygens (including phenoxy) is 2. The number of unbranched alkanes of at least 4 members (excludes halogenated alkanes) is 26. The number of nitrogens with one attached hydrogen (secondary N) is 1. The lowest BCUT2D eigenvalue weighted by Gasteiger charge is -2.40. The van der Waals surface area contributed by atoms with Crippen LogP contribution in [0.4, 0.5) is 0 Å². The third-order valence-corrected chi connectivity index (χ3v) is 10.6. The molecule has 0 aromatic carbocycles. The van der Waals surface area contributed by atoms with Crippen LogP contribution in [0.25, 0.3) is 0 Å². The molecule has 0 aliphatic carbocycles. The van der Waals surface area contributed by atoms with E-state index in [1.807, 2.05) is 6.08 Å². The van der Waals surface area contributed by atoms with Gasteiger partial charge in [-0.3, -0.25) is 4.79 Å². The van der Waals surface area contributed by atoms with Crippen LogP contribution >= 0.6 is 0 Å². The number of hydrogen-bond donors (Lipinski definition) is 6. The van der Waals surface area contributed by atoms with Crippen molar-refractivity contribution in [2.45, 2.75) is 243 Å². The van der Waals surface area contributed by atoms with E-state index in [1.54, 1.807) is 6.08 Å². The van der Waals surface area contributed by atoms with Crippen molar-refractivity contribution < 1.29 is 39.8 Å². The first-order valence-corrected chi connectivity index (χ1v) is 21.9. The van der Waals surface area contributed by atoms with Gasteiger partial charge in [-0.25, -0.2) is 0 Å². The third kappa shape index (κ3) is 25.1. The van der Waals surface area contributed by atoms with Crippen molar-refractivity contribution >= 4 is 5.91 Å². The summed E-state index contributed by atoms with van der Waals surface area (Å²) in [6, 6.07) is -0.796. The van der Waals surface area contributed by atoms with Gasteiger partial charge >= 0.3 is 0 Å². The van der Waals surface area contributed by atoms with Gasteiger partial charge in [-0.1, -0.05) is 187 Å². The van der Waals surface area contributed by atoms with E-state index in [1.165, 1.54) is 141 Å². The fourth-order valence-electron chi connectivity index (χ4n) is 7.04. The number of carbonyl (C=O) groups is 1. The minimum atomic E-state index is -1.56. The van der Waals surface area contributed by atoms with Crippen LogP contribution in [0.1, 0.15) is 200 Å². The summed E-state index contributed by atoms with van der Waals surface area (Å²) in [7, 11) is 0. The second kappa shape index (κ2) is 34.4. The molecule has 0 aromatic heterocycles. The molecule has 1 amide bonds. The molecule has 1 fully saturated rings. The first-order chi connectivity index (χ1) is 25.3. The Bertz CT molecular complexity index is 827. The summed E-state index contributed by atoms with van der Waals surface area (Å²) in [5.74, 6) is -0.176. The van der Waals surface area contributed by atoms with Crippen LogP contribution in [0.5, 0.6) is 0 Å². The topological polar surface area (TPSA) is 149 Å². The maximum absolute atomic E-state index is 12.9. The Labute approximate surface area is 318 Å². The van der Waals surface area contributed by atoms with Gasteiger partial charge in [0, 0.05) is 6.42 Å². The van der Waals surface area contributed by atoms with Gasteiger partial charge in [-0.05, 0) is 19.3 Å². The van der Waals surface area contributed by atoms with Crippen molar-refractivity contribution in [3.63, 3.8) is 0 Å². The van der Waals surface area contributed by atoms with Gasteiger partial charge in [0.25, 0.3) is 0 Å². The first-order valence-electron chi connectivity index (χ1n) is 21.9. The number of carbonyl (C=O) groups excluding carboxylic acids is 1. The predicted octanol–water partition coefficient (Wildman–Crippen LogP) is 8.56. The van der Waals surface area contributed by atoms with Gasteiger partial charge in [-0.15, -0.1) is 0 Å². The zero-order valence-electron chi connectivity index (χ0n) is 33.6. The summed E-state index contributed by atoms with van der Waals surface area (Å²) in [6.07, 6.45) is 31.2. The number of rotatable bonds is 36. The van der Waals surface area contributed by atoms with Crippen LogP contribution in [0, 0.1) is 0 Å². The fraction of sp³-hybridized carbons (Fsp3) is 0.930. The molecule has 9 nitrogen and oxygen atoms in total. The van der Waals surface area contributed by atoms with Crippen molar-refractivity contribution in [2.24, 2.45) is 0 Å². The first kappa shape index (κ1) is 48.9. The van der Waals surface area contributed by atoms with Gasteiger partial charge in [0.15, 0.2) is 6.29 Å². The molecule has 0 bridgehead atoms. The van der Waals surface area contributed by atoms with Gasteiger partial charge < -0.3 is 40.3 Å². The lowest BCUT2D eigenvalue weighted by atomic mass is 9.99. The quantitative estimate of drug-likeness (QED) is 0.0277. The standard InChI is InChI=1S/C43H83NO8/c1-3-5-7-9-11-13-15-16-17-18-19-20-21-22-23-25-27-29-31-33-39(47)44-36(35-51-43-42(50)41(49)40(48)38(34-45)52-43)37(46)32-30-28-26-24-14-12-10-8-6-4-2/h30,32,36-38,40-43,45-46,48-50H,3-29,31,33-35H2,1-2H3,(H,44,47)/b32-30+/t36-,37+,38+,40+,41?,42?,43+/m0/s1. The maximum atomic E-state index is 12.9. The lowest BCUT2D eigenvalue weighted by Crippen LogP contribution is -2.60. The molecule has 1 rings (SSSR count). The summed E-state index contributed by atoms with van der Waals surface area (Å²) in [5.41, 5.74) is 0. The van der Waals surface area contributed by atoms with Crippen molar-refractivity contribution in [2.75, 3.05) is 13.2 Å². The van der Waals surface area contributed by atoms with Crippen LogP contribution in [0.3, 0.4) is 0 Å². The summed E-state index contributed by atoms with van der Waals surface area (Å²) < 4.78 is 11.2. The fourth-order valence-corrected chi connectivity index (χ4v) is 7.04. The zero-order chi connectivity index (χ0) is 38.1. The largest absolute Gasteiger partial charge is 0.394 e. The number of aliphatic hydroxyl groups is 5. The van der Waals surface area contributed by atoms with Crippen molar-refractivity contribution in [1.29, 1.82) is 0 Å². The van der Waals surface area contributed by atoms with E-state index in [2.05, 4.69) is 19.2 Å². The van der Waals surface area contributed by atoms with Crippen molar-refractivity contribution in [1.82, 2.24) is 5.32 Å². The average Bonchev–Trinajstić information content (AvgIpc) is 3.14. The molecule has 9 heteroatoms. The Hall–Kier alpha value is -1.07. The molecule has 52 heavy (non-hydrogen) atoms. The van der Waals surface area contributed by atoms with Crippen LogP contribution in [0.15, 0.2) is 12.2 Å². The molecule has 1 heterocycles. The van der Waals surface area contributed by atoms with E-state index in [0.29, 0.717) is 6.42 Å². The Balaban J connectivity index is 2.31. The highest BCUT2D eigenvalue weighted by Gasteiger charge is 2.44. The molecule has 1 aliphatic rings. The molecule has 7 atom stereocenters. The molecule has 1 aliphatic heterocycles. The summed E-state index contributed by atoms with van der Waals surface area (Å²) in [4.78, 5) is 12.9. The second-order valence-electron chi connectivity index (χ2n) is 15.5. The van der Waals surface area contributed by atoms with Crippen molar-refractivity contribution in [3.8, 4) is 0 Å². The minimum Gasteiger partial charge on any atom is -0.394 e. The molecule has 0 spiro atoms. The summed E-state index contributed by atoms with van der Waals surface area (Å²) in [6.45, 7) is 3.75. The molecular formula is C43H83NO8. The smallest absolute Gasteiger partial charge is 0.220 e. The molecule has 0 aromatic rings.